The highest BCUT2D eigenvalue weighted by Crippen LogP contribution is 2.47. The maximum absolute atomic E-state index is 4.63. The van der Waals surface area contributed by atoms with Crippen molar-refractivity contribution in [2.45, 2.75) is 31.1 Å². The summed E-state index contributed by atoms with van der Waals surface area (Å²) in [5, 5.41) is 6.93. The number of nitrogens with one attached hydrogen (secondary N) is 3. The van der Waals surface area contributed by atoms with Crippen LogP contribution in [0.2, 0.25) is 0 Å². The van der Waals surface area contributed by atoms with Crippen molar-refractivity contribution in [2.24, 2.45) is 4.99 Å². The van der Waals surface area contributed by atoms with E-state index in [1.807, 2.05) is 25.2 Å². The number of rotatable bonds is 7. The smallest absolute Gasteiger partial charge is 0.191 e. The number of guanidine groups is 1. The summed E-state index contributed by atoms with van der Waals surface area (Å²) in [6, 6.07) is 19.0. The number of aromatic amines is 1. The van der Waals surface area contributed by atoms with Gasteiger partial charge in [-0.1, -0.05) is 42.5 Å². The number of benzene rings is 2. The zero-order valence-electron chi connectivity index (χ0n) is 15.8. The molecule has 2 aromatic carbocycles. The Morgan fingerprint density at radius 1 is 1.07 bits per heavy atom. The predicted molar refractivity (Wildman–Crippen MR) is 111 cm³/mol. The van der Waals surface area contributed by atoms with Crippen LogP contribution in [0.15, 0.2) is 59.6 Å². The molecular weight excluding hydrogens is 334 g/mol. The summed E-state index contributed by atoms with van der Waals surface area (Å²) in [5.41, 5.74) is 3.85. The summed E-state index contributed by atoms with van der Waals surface area (Å²) in [6.45, 7) is 1.80. The van der Waals surface area contributed by atoms with Crippen molar-refractivity contribution in [3.8, 4) is 0 Å². The summed E-state index contributed by atoms with van der Waals surface area (Å²) >= 11 is 0. The maximum atomic E-state index is 4.63. The van der Waals surface area contributed by atoms with Crippen LogP contribution in [0.1, 0.15) is 30.7 Å². The van der Waals surface area contributed by atoms with Crippen molar-refractivity contribution in [1.29, 1.82) is 0 Å². The SMILES string of the molecule is CN=C(NCCCc1nc2ccccc2[nH]1)NCC1(c2ccccc2)CC1. The molecule has 0 saturated heterocycles. The van der Waals surface area contributed by atoms with Crippen LogP contribution in [0.4, 0.5) is 0 Å². The molecule has 140 valence electrons. The van der Waals surface area contributed by atoms with Gasteiger partial charge >= 0.3 is 0 Å². The normalized spacial score (nSPS) is 15.7. The third-order valence-corrected chi connectivity index (χ3v) is 5.38. The lowest BCUT2D eigenvalue weighted by Gasteiger charge is -2.19. The minimum atomic E-state index is 0.285. The van der Waals surface area contributed by atoms with Crippen LogP contribution >= 0.6 is 0 Å². The molecule has 0 radical (unpaired) electrons. The van der Waals surface area contributed by atoms with E-state index in [1.165, 1.54) is 18.4 Å². The summed E-state index contributed by atoms with van der Waals surface area (Å²) < 4.78 is 0. The number of aryl methyl sites for hydroxylation is 1. The van der Waals surface area contributed by atoms with E-state index in [2.05, 4.69) is 62.0 Å². The van der Waals surface area contributed by atoms with Gasteiger partial charge in [0.2, 0.25) is 0 Å². The second-order valence-electron chi connectivity index (χ2n) is 7.30. The van der Waals surface area contributed by atoms with Crippen molar-refractivity contribution in [2.75, 3.05) is 20.1 Å². The van der Waals surface area contributed by atoms with E-state index in [0.29, 0.717) is 0 Å². The largest absolute Gasteiger partial charge is 0.356 e. The van der Waals surface area contributed by atoms with Gasteiger partial charge < -0.3 is 15.6 Å². The first-order valence-corrected chi connectivity index (χ1v) is 9.73. The lowest BCUT2D eigenvalue weighted by atomic mass is 9.96. The number of aliphatic imine (C=N–C) groups is 1. The Labute approximate surface area is 160 Å². The first-order valence-electron chi connectivity index (χ1n) is 9.73. The van der Waals surface area contributed by atoms with Gasteiger partial charge in [-0.3, -0.25) is 4.99 Å². The van der Waals surface area contributed by atoms with E-state index >= 15 is 0 Å². The Morgan fingerprint density at radius 3 is 2.59 bits per heavy atom. The second kappa shape index (κ2) is 7.82. The molecule has 1 aliphatic carbocycles. The molecule has 0 bridgehead atoms. The predicted octanol–water partition coefficient (Wildman–Crippen LogP) is 3.39. The molecule has 0 atom stereocenters. The summed E-state index contributed by atoms with van der Waals surface area (Å²) in [6.07, 6.45) is 4.41. The van der Waals surface area contributed by atoms with Gasteiger partial charge in [-0.05, 0) is 37.0 Å². The Hall–Kier alpha value is -2.82. The van der Waals surface area contributed by atoms with Crippen LogP contribution in [-0.4, -0.2) is 36.1 Å². The highest BCUT2D eigenvalue weighted by molar-refractivity contribution is 5.79. The highest BCUT2D eigenvalue weighted by Gasteiger charge is 2.43. The molecule has 4 rings (SSSR count). The fourth-order valence-electron chi connectivity index (χ4n) is 3.57. The fourth-order valence-corrected chi connectivity index (χ4v) is 3.57. The number of fused-ring (bicyclic) bond motifs is 1. The van der Waals surface area contributed by atoms with E-state index < -0.39 is 0 Å². The third-order valence-electron chi connectivity index (χ3n) is 5.38. The molecule has 0 amide bonds. The number of nitrogens with zero attached hydrogens (tertiary/aromatic N) is 2. The summed E-state index contributed by atoms with van der Waals surface area (Å²) in [5.74, 6) is 1.92. The van der Waals surface area contributed by atoms with Crippen LogP contribution in [0, 0.1) is 0 Å². The number of aromatic nitrogens is 2. The van der Waals surface area contributed by atoms with Gasteiger partial charge in [-0.2, -0.15) is 0 Å². The Balaban J connectivity index is 1.23. The quantitative estimate of drug-likeness (QED) is 0.343. The van der Waals surface area contributed by atoms with E-state index in [1.54, 1.807) is 0 Å². The number of H-pyrrole nitrogens is 1. The van der Waals surface area contributed by atoms with Gasteiger partial charge in [0.25, 0.3) is 0 Å². The molecule has 1 fully saturated rings. The molecule has 0 unspecified atom stereocenters. The second-order valence-corrected chi connectivity index (χ2v) is 7.30. The van der Waals surface area contributed by atoms with E-state index in [0.717, 1.165) is 48.7 Å². The van der Waals surface area contributed by atoms with Crippen molar-refractivity contribution in [3.63, 3.8) is 0 Å². The summed E-state index contributed by atoms with van der Waals surface area (Å²) in [7, 11) is 1.83. The van der Waals surface area contributed by atoms with Crippen molar-refractivity contribution in [3.05, 3.63) is 66.0 Å². The topological polar surface area (TPSA) is 65.1 Å². The minimum absolute atomic E-state index is 0.285. The zero-order chi connectivity index (χ0) is 18.5. The number of hydrogen-bond donors (Lipinski definition) is 3. The highest BCUT2D eigenvalue weighted by atomic mass is 15.2. The Morgan fingerprint density at radius 2 is 1.85 bits per heavy atom. The van der Waals surface area contributed by atoms with Crippen LogP contribution < -0.4 is 10.6 Å². The fraction of sp³-hybridized carbons (Fsp3) is 0.364. The Kier molecular flexibility index (Phi) is 5.10. The first-order chi connectivity index (χ1) is 13.3. The van der Waals surface area contributed by atoms with Gasteiger partial charge in [-0.25, -0.2) is 4.98 Å². The number of imidazole rings is 1. The molecule has 3 aromatic rings. The van der Waals surface area contributed by atoms with Crippen molar-refractivity contribution < 1.29 is 0 Å². The van der Waals surface area contributed by atoms with Gasteiger partial charge in [0, 0.05) is 32.0 Å². The maximum Gasteiger partial charge on any atom is 0.191 e. The average Bonchev–Trinajstić information content (AvgIpc) is 3.39. The molecule has 5 heteroatoms. The summed E-state index contributed by atoms with van der Waals surface area (Å²) in [4.78, 5) is 12.4. The molecule has 1 aliphatic rings. The standard InChI is InChI=1S/C22H27N5/c1-23-21(25-16-22(13-14-22)17-8-3-2-4-9-17)24-15-7-12-20-26-18-10-5-6-11-19(18)27-20/h2-6,8-11H,7,12-16H2,1H3,(H,26,27)(H2,23,24,25). The number of hydrogen-bond acceptors (Lipinski definition) is 2. The zero-order valence-corrected chi connectivity index (χ0v) is 15.8. The minimum Gasteiger partial charge on any atom is -0.356 e. The molecule has 27 heavy (non-hydrogen) atoms. The van der Waals surface area contributed by atoms with Crippen LogP contribution in [0.5, 0.6) is 0 Å². The molecule has 1 heterocycles. The molecule has 0 spiro atoms. The monoisotopic (exact) mass is 361 g/mol. The van der Waals surface area contributed by atoms with Crippen LogP contribution in [0.3, 0.4) is 0 Å². The van der Waals surface area contributed by atoms with E-state index in [-0.39, 0.29) is 5.41 Å². The molecule has 0 aliphatic heterocycles. The first kappa shape index (κ1) is 17.6. The van der Waals surface area contributed by atoms with Crippen LogP contribution in [0.25, 0.3) is 11.0 Å². The van der Waals surface area contributed by atoms with Crippen molar-refractivity contribution >= 4 is 17.0 Å². The average molecular weight is 361 g/mol. The van der Waals surface area contributed by atoms with Crippen molar-refractivity contribution in [1.82, 2.24) is 20.6 Å². The molecule has 5 nitrogen and oxygen atoms in total. The van der Waals surface area contributed by atoms with E-state index in [4.69, 9.17) is 0 Å². The van der Waals surface area contributed by atoms with Gasteiger partial charge in [0.1, 0.15) is 5.82 Å². The number of para-hydroxylation sites is 2. The molecular formula is C22H27N5. The Bertz CT molecular complexity index is 876. The van der Waals surface area contributed by atoms with Gasteiger partial charge in [0.15, 0.2) is 5.96 Å². The van der Waals surface area contributed by atoms with E-state index in [9.17, 15) is 0 Å². The third kappa shape index (κ3) is 4.13. The van der Waals surface area contributed by atoms with Gasteiger partial charge in [-0.15, -0.1) is 0 Å². The molecule has 3 N–H and O–H groups in total. The lowest BCUT2D eigenvalue weighted by molar-refractivity contribution is 0.641. The lowest BCUT2D eigenvalue weighted by Crippen LogP contribution is -2.41. The molecule has 1 aromatic heterocycles. The van der Waals surface area contributed by atoms with Gasteiger partial charge in [0.05, 0.1) is 11.0 Å². The van der Waals surface area contributed by atoms with Crippen LogP contribution in [-0.2, 0) is 11.8 Å². The molecule has 1 saturated carbocycles.